The largest absolute Gasteiger partial charge is 0.466 e. The molecule has 6 fully saturated rings. The van der Waals surface area contributed by atoms with Crippen LogP contribution in [0.3, 0.4) is 0 Å². The fraction of sp³-hybridized carbons (Fsp3) is 0.967. The molecule has 3 N–H and O–H groups in total. The van der Waals surface area contributed by atoms with Crippen LogP contribution < -0.4 is 0 Å². The molecule has 0 amide bonds. The highest BCUT2D eigenvalue weighted by Crippen LogP contribution is 2.25. The van der Waals surface area contributed by atoms with Crippen LogP contribution in [0.15, 0.2) is 0 Å². The van der Waals surface area contributed by atoms with Gasteiger partial charge in [-0.3, -0.25) is 4.79 Å². The number of epoxide rings is 6. The number of esters is 1. The summed E-state index contributed by atoms with van der Waals surface area (Å²) < 4.78 is 40.8. The van der Waals surface area contributed by atoms with Gasteiger partial charge in [0, 0.05) is 6.42 Å². The first-order valence-electron chi connectivity index (χ1n) is 16.2. The molecule has 6 aliphatic rings. The maximum Gasteiger partial charge on any atom is 0.466 e. The van der Waals surface area contributed by atoms with Crippen LogP contribution >= 0.6 is 7.82 Å². The van der Waals surface area contributed by atoms with Gasteiger partial charge in [0.1, 0.15) is 0 Å². The molecule has 0 radical (unpaired) electrons. The highest BCUT2D eigenvalue weighted by Gasteiger charge is 2.01. The van der Waals surface area contributed by atoms with Crippen LogP contribution in [0, 0.1) is 0 Å². The van der Waals surface area contributed by atoms with E-state index in [1.165, 1.54) is 77.0 Å². The maximum absolute atomic E-state index is 11.1. The zero-order chi connectivity index (χ0) is 32.1. The van der Waals surface area contributed by atoms with Crippen molar-refractivity contribution < 1.29 is 57.2 Å². The van der Waals surface area contributed by atoms with E-state index in [2.05, 4.69) is 35.3 Å². The van der Waals surface area contributed by atoms with E-state index in [1.807, 2.05) is 6.92 Å². The van der Waals surface area contributed by atoms with Crippen molar-refractivity contribution in [1.29, 1.82) is 0 Å². The first kappa shape index (κ1) is 44.5. The topological polar surface area (TPSA) is 179 Å². The Morgan fingerprint density at radius 2 is 0.721 bits per heavy atom. The van der Waals surface area contributed by atoms with E-state index in [9.17, 15) is 4.79 Å². The number of carbonyl (C=O) groups excluding carboxylic acids is 1. The molecule has 0 unspecified atom stereocenters. The summed E-state index contributed by atoms with van der Waals surface area (Å²) >= 11 is 0. The van der Waals surface area contributed by atoms with Gasteiger partial charge >= 0.3 is 13.8 Å². The van der Waals surface area contributed by atoms with Crippen LogP contribution in [0.25, 0.3) is 0 Å². The van der Waals surface area contributed by atoms with Crippen molar-refractivity contribution in [3.05, 3.63) is 0 Å². The van der Waals surface area contributed by atoms with Gasteiger partial charge in [-0.05, 0) is 13.3 Å². The van der Waals surface area contributed by atoms with Gasteiger partial charge in [-0.2, -0.15) is 0 Å². The molecule has 6 heterocycles. The Kier molecular flexibility index (Phi) is 38.8. The quantitative estimate of drug-likeness (QED) is 0.0917. The van der Waals surface area contributed by atoms with E-state index in [-0.39, 0.29) is 5.97 Å². The van der Waals surface area contributed by atoms with E-state index in [1.54, 1.807) is 0 Å². The van der Waals surface area contributed by atoms with Gasteiger partial charge < -0.3 is 47.8 Å². The van der Waals surface area contributed by atoms with Crippen molar-refractivity contribution in [3.63, 3.8) is 0 Å². The molecule has 0 bridgehead atoms. The van der Waals surface area contributed by atoms with Crippen molar-refractivity contribution in [2.75, 3.05) is 85.9 Å². The first-order chi connectivity index (χ1) is 20.8. The number of hydrogen-bond acceptors (Lipinski definition) is 9. The molecule has 6 saturated heterocycles. The third-order valence-electron chi connectivity index (χ3n) is 5.01. The van der Waals surface area contributed by atoms with Crippen LogP contribution in [-0.2, 0) is 42.5 Å². The summed E-state index contributed by atoms with van der Waals surface area (Å²) in [6.45, 7) is 16.6. The predicted octanol–water partition coefficient (Wildman–Crippen LogP) is 5.20. The molecule has 13 heteroatoms. The average Bonchev–Trinajstić information content (AvgIpc) is 3.75. The number of unbranched alkanes of at least 4 members (excludes halogenated alkanes) is 12. The monoisotopic (exact) mass is 646 g/mol. The van der Waals surface area contributed by atoms with E-state index in [4.69, 9.17) is 24.0 Å². The third kappa shape index (κ3) is 117. The summed E-state index contributed by atoms with van der Waals surface area (Å²) in [6.07, 6.45) is 18.0. The molecule has 0 aromatic heterocycles. The van der Waals surface area contributed by atoms with Gasteiger partial charge in [0.05, 0.1) is 85.9 Å². The number of ether oxygens (including phenoxy) is 7. The molecule has 12 nitrogen and oxygen atoms in total. The van der Waals surface area contributed by atoms with Crippen molar-refractivity contribution >= 4 is 13.8 Å². The average molecular weight is 647 g/mol. The second-order valence-electron chi connectivity index (χ2n) is 9.99. The number of hydrogen-bond donors (Lipinski definition) is 3. The maximum atomic E-state index is 11.1. The van der Waals surface area contributed by atoms with Gasteiger partial charge in [0.25, 0.3) is 0 Å². The molecule has 0 aromatic carbocycles. The van der Waals surface area contributed by atoms with Gasteiger partial charge in [0.15, 0.2) is 0 Å². The molecule has 43 heavy (non-hydrogen) atoms. The van der Waals surface area contributed by atoms with E-state index < -0.39 is 7.82 Å². The Bertz CT molecular complexity index is 508. The molecule has 6 aliphatic heterocycles. The SMILES string of the molecule is C1CO1.C1CO1.C1CO1.C1CO1.C1CO1.C1CO1.CCCCCCCCCCCCCCCC(=O)OCC.O=P(O)(O)O. The lowest BCUT2D eigenvalue weighted by molar-refractivity contribution is -0.143. The lowest BCUT2D eigenvalue weighted by atomic mass is 10.0. The summed E-state index contributed by atoms with van der Waals surface area (Å²) in [5, 5.41) is 0. The normalized spacial score (nSPS) is 16.4. The molecule has 260 valence electrons. The Labute approximate surface area is 260 Å². The standard InChI is InChI=1S/C18H36O2.6C2H4O.H3O4P/c1-3-5-6-7-8-9-10-11-12-13-14-15-16-17-18(19)20-4-2;6*1-2-3-1;1-5(2,3)4/h3-17H2,1-2H3;6*1-2H2;(H3,1,2,3,4). The minimum atomic E-state index is -4.64. The molecule has 0 spiro atoms. The Morgan fingerprint density at radius 3 is 0.907 bits per heavy atom. The zero-order valence-electron chi connectivity index (χ0n) is 27.1. The van der Waals surface area contributed by atoms with Crippen LogP contribution in [-0.4, -0.2) is 107 Å². The molecule has 0 saturated carbocycles. The Hall–Kier alpha value is -0.660. The lowest BCUT2D eigenvalue weighted by Gasteiger charge is -2.03. The fourth-order valence-corrected chi connectivity index (χ4v) is 2.52. The minimum Gasteiger partial charge on any atom is -0.466 e. The fourth-order valence-electron chi connectivity index (χ4n) is 2.52. The summed E-state index contributed by atoms with van der Waals surface area (Å²) in [5.41, 5.74) is 0. The van der Waals surface area contributed by atoms with Crippen molar-refractivity contribution in [2.45, 2.75) is 104 Å². The number of phosphoric acid groups is 1. The van der Waals surface area contributed by atoms with Crippen molar-refractivity contribution in [1.82, 2.24) is 0 Å². The lowest BCUT2D eigenvalue weighted by Crippen LogP contribution is -2.03. The summed E-state index contributed by atoms with van der Waals surface area (Å²) in [6, 6.07) is 0. The van der Waals surface area contributed by atoms with Gasteiger partial charge in [0.2, 0.25) is 0 Å². The molecular formula is C30H63O12P. The third-order valence-corrected chi connectivity index (χ3v) is 5.01. The molecule has 6 rings (SSSR count). The molecule has 0 atom stereocenters. The highest BCUT2D eigenvalue weighted by atomic mass is 31.2. The summed E-state index contributed by atoms with van der Waals surface area (Å²) in [5.74, 6) is -0.0319. The Balaban J connectivity index is 0. The number of carbonyl (C=O) groups is 1. The smallest absolute Gasteiger partial charge is 0.466 e. The highest BCUT2D eigenvalue weighted by molar-refractivity contribution is 7.45. The van der Waals surface area contributed by atoms with Crippen LogP contribution in [0.2, 0.25) is 0 Å². The molecule has 0 aliphatic carbocycles. The van der Waals surface area contributed by atoms with Crippen LogP contribution in [0.1, 0.15) is 104 Å². The number of rotatable bonds is 15. The predicted molar refractivity (Wildman–Crippen MR) is 166 cm³/mol. The first-order valence-corrected chi connectivity index (χ1v) is 17.8. The van der Waals surface area contributed by atoms with Crippen molar-refractivity contribution in [3.8, 4) is 0 Å². The van der Waals surface area contributed by atoms with Gasteiger partial charge in [-0.15, -0.1) is 0 Å². The zero-order valence-corrected chi connectivity index (χ0v) is 27.9. The van der Waals surface area contributed by atoms with Crippen molar-refractivity contribution in [2.24, 2.45) is 0 Å². The van der Waals surface area contributed by atoms with Gasteiger partial charge in [-0.1, -0.05) is 84.0 Å². The van der Waals surface area contributed by atoms with Crippen LogP contribution in [0.5, 0.6) is 0 Å². The second-order valence-corrected chi connectivity index (χ2v) is 11.0. The molecule has 0 aromatic rings. The van der Waals surface area contributed by atoms with E-state index in [0.717, 1.165) is 85.7 Å². The van der Waals surface area contributed by atoms with Gasteiger partial charge in [-0.25, -0.2) is 4.57 Å². The summed E-state index contributed by atoms with van der Waals surface area (Å²) in [4.78, 5) is 32.7. The minimum absolute atomic E-state index is 0.0319. The van der Waals surface area contributed by atoms with Crippen LogP contribution in [0.4, 0.5) is 0 Å². The summed E-state index contributed by atoms with van der Waals surface area (Å²) in [7, 11) is -4.64. The van der Waals surface area contributed by atoms with E-state index in [0.29, 0.717) is 13.0 Å². The van der Waals surface area contributed by atoms with E-state index >= 15 is 0 Å². The molecular weight excluding hydrogens is 583 g/mol. The second kappa shape index (κ2) is 37.5. The Morgan fingerprint density at radius 1 is 0.512 bits per heavy atom.